The van der Waals surface area contributed by atoms with Gasteiger partial charge in [-0.1, -0.05) is 12.1 Å². The van der Waals surface area contributed by atoms with Crippen molar-refractivity contribution in [3.8, 4) is 0 Å². The summed E-state index contributed by atoms with van der Waals surface area (Å²) in [5.41, 5.74) is 0.996. The fraction of sp³-hybridized carbons (Fsp3) is 0.105. The van der Waals surface area contributed by atoms with Crippen LogP contribution in [-0.4, -0.2) is 14.3 Å². The predicted octanol–water partition coefficient (Wildman–Crippen LogP) is 3.08. The molecule has 2 aromatic carbocycles. The van der Waals surface area contributed by atoms with Crippen LogP contribution in [0.4, 0.5) is 10.1 Å². The minimum Gasteiger partial charge on any atom is -0.468 e. The highest BCUT2D eigenvalue weighted by Gasteiger charge is 2.14. The number of hydrogen-bond acceptors (Lipinski definition) is 4. The largest absolute Gasteiger partial charge is 0.468 e. The van der Waals surface area contributed by atoms with E-state index in [-0.39, 0.29) is 23.8 Å². The Morgan fingerprint density at radius 1 is 1.04 bits per heavy atom. The molecule has 0 spiro atoms. The molecule has 0 fully saturated rings. The van der Waals surface area contributed by atoms with E-state index in [9.17, 15) is 17.6 Å². The Hall–Kier alpha value is -2.97. The maximum absolute atomic E-state index is 13.2. The number of nitrogens with one attached hydrogen (secondary N) is 2. The lowest BCUT2D eigenvalue weighted by Gasteiger charge is -2.08. The molecule has 0 saturated heterocycles. The smallest absolute Gasteiger partial charge is 0.240 e. The Morgan fingerprint density at radius 3 is 2.48 bits per heavy atom. The molecule has 27 heavy (non-hydrogen) atoms. The van der Waals surface area contributed by atoms with Crippen molar-refractivity contribution in [2.75, 3.05) is 5.32 Å². The minimum atomic E-state index is -3.70. The van der Waals surface area contributed by atoms with Gasteiger partial charge in [-0.05, 0) is 54.1 Å². The van der Waals surface area contributed by atoms with E-state index < -0.39 is 15.8 Å². The van der Waals surface area contributed by atoms with Gasteiger partial charge in [0.2, 0.25) is 15.9 Å². The molecule has 2 N–H and O–H groups in total. The number of sulfonamides is 1. The zero-order valence-electron chi connectivity index (χ0n) is 14.2. The van der Waals surface area contributed by atoms with Crippen molar-refractivity contribution in [3.05, 3.63) is 84.1 Å². The molecule has 1 heterocycles. The number of amides is 1. The molecule has 8 heteroatoms. The van der Waals surface area contributed by atoms with Crippen LogP contribution in [0.3, 0.4) is 0 Å². The first kappa shape index (κ1) is 18.8. The van der Waals surface area contributed by atoms with E-state index in [4.69, 9.17) is 4.42 Å². The Labute approximate surface area is 156 Å². The van der Waals surface area contributed by atoms with Crippen LogP contribution in [0, 0.1) is 5.82 Å². The van der Waals surface area contributed by atoms with Gasteiger partial charge in [-0.2, -0.15) is 0 Å². The number of furan rings is 1. The van der Waals surface area contributed by atoms with Gasteiger partial charge in [0, 0.05) is 5.69 Å². The molecule has 0 bridgehead atoms. The number of anilines is 1. The Balaban J connectivity index is 1.60. The number of carbonyl (C=O) groups excluding carboxylic acids is 1. The average Bonchev–Trinajstić information content (AvgIpc) is 3.14. The van der Waals surface area contributed by atoms with Crippen LogP contribution < -0.4 is 10.0 Å². The fourth-order valence-corrected chi connectivity index (χ4v) is 3.41. The molecule has 0 unspecified atom stereocenters. The SMILES string of the molecule is O=C(Cc1cccc(F)c1)Nc1ccc(S(=O)(=O)NCc2ccco2)cc1. The van der Waals surface area contributed by atoms with Gasteiger partial charge in [0.25, 0.3) is 0 Å². The second-order valence-corrected chi connectivity index (χ2v) is 7.55. The van der Waals surface area contributed by atoms with Crippen molar-refractivity contribution in [1.82, 2.24) is 4.72 Å². The molecule has 1 amide bonds. The first-order valence-corrected chi connectivity index (χ1v) is 9.57. The van der Waals surface area contributed by atoms with Gasteiger partial charge in [-0.25, -0.2) is 17.5 Å². The summed E-state index contributed by atoms with van der Waals surface area (Å²) >= 11 is 0. The summed E-state index contributed by atoms with van der Waals surface area (Å²) < 4.78 is 45.2. The van der Waals surface area contributed by atoms with E-state index in [1.807, 2.05) is 0 Å². The summed E-state index contributed by atoms with van der Waals surface area (Å²) in [6.07, 6.45) is 1.48. The molecule has 0 aliphatic carbocycles. The average molecular weight is 388 g/mol. The molecule has 3 rings (SSSR count). The summed E-state index contributed by atoms with van der Waals surface area (Å²) in [7, 11) is -3.70. The Bertz CT molecular complexity index is 1020. The molecule has 3 aromatic rings. The van der Waals surface area contributed by atoms with E-state index in [0.717, 1.165) is 0 Å². The van der Waals surface area contributed by atoms with Gasteiger partial charge >= 0.3 is 0 Å². The monoisotopic (exact) mass is 388 g/mol. The topological polar surface area (TPSA) is 88.4 Å². The van der Waals surface area contributed by atoms with Gasteiger partial charge in [0.1, 0.15) is 11.6 Å². The highest BCUT2D eigenvalue weighted by Crippen LogP contribution is 2.15. The van der Waals surface area contributed by atoms with Gasteiger partial charge in [-0.15, -0.1) is 0 Å². The molecule has 1 aromatic heterocycles. The lowest BCUT2D eigenvalue weighted by molar-refractivity contribution is -0.115. The number of carbonyl (C=O) groups is 1. The quantitative estimate of drug-likeness (QED) is 0.651. The number of benzene rings is 2. The van der Waals surface area contributed by atoms with Crippen LogP contribution in [0.2, 0.25) is 0 Å². The number of rotatable bonds is 7. The number of halogens is 1. The fourth-order valence-electron chi connectivity index (χ4n) is 2.42. The third kappa shape index (κ3) is 5.25. The van der Waals surface area contributed by atoms with Crippen LogP contribution >= 0.6 is 0 Å². The van der Waals surface area contributed by atoms with Gasteiger partial charge in [0.15, 0.2) is 0 Å². The lowest BCUT2D eigenvalue weighted by Crippen LogP contribution is -2.23. The number of hydrogen-bond donors (Lipinski definition) is 2. The van der Waals surface area contributed by atoms with Crippen molar-refractivity contribution >= 4 is 21.6 Å². The third-order valence-electron chi connectivity index (χ3n) is 3.72. The summed E-state index contributed by atoms with van der Waals surface area (Å²) in [5.74, 6) is -0.233. The first-order chi connectivity index (χ1) is 12.9. The summed E-state index contributed by atoms with van der Waals surface area (Å²) in [4.78, 5) is 12.1. The molecular formula is C19H17FN2O4S. The van der Waals surface area contributed by atoms with Gasteiger partial charge in [0.05, 0.1) is 24.1 Å². The van der Waals surface area contributed by atoms with Crippen molar-refractivity contribution in [3.63, 3.8) is 0 Å². The van der Waals surface area contributed by atoms with E-state index in [1.165, 1.54) is 48.7 Å². The molecule has 0 aliphatic heterocycles. The predicted molar refractivity (Wildman–Crippen MR) is 97.9 cm³/mol. The highest BCUT2D eigenvalue weighted by atomic mass is 32.2. The van der Waals surface area contributed by atoms with Gasteiger partial charge in [-0.3, -0.25) is 4.79 Å². The second kappa shape index (κ2) is 8.15. The van der Waals surface area contributed by atoms with Gasteiger partial charge < -0.3 is 9.73 Å². The highest BCUT2D eigenvalue weighted by molar-refractivity contribution is 7.89. The molecule has 140 valence electrons. The van der Waals surface area contributed by atoms with Crippen LogP contribution in [0.5, 0.6) is 0 Å². The lowest BCUT2D eigenvalue weighted by atomic mass is 10.1. The Kier molecular flexibility index (Phi) is 5.68. The van der Waals surface area contributed by atoms with Crippen molar-refractivity contribution in [2.24, 2.45) is 0 Å². The van der Waals surface area contributed by atoms with E-state index >= 15 is 0 Å². The normalized spacial score (nSPS) is 11.3. The standard InChI is InChI=1S/C19H17FN2O4S/c20-15-4-1-3-14(11-15)12-19(23)22-16-6-8-18(9-7-16)27(24,25)21-13-17-5-2-10-26-17/h1-11,21H,12-13H2,(H,22,23). The maximum Gasteiger partial charge on any atom is 0.240 e. The summed E-state index contributed by atoms with van der Waals surface area (Å²) in [6, 6.07) is 14.9. The molecule has 0 saturated carbocycles. The van der Waals surface area contributed by atoms with Crippen molar-refractivity contribution in [2.45, 2.75) is 17.9 Å². The van der Waals surface area contributed by atoms with Crippen molar-refractivity contribution in [1.29, 1.82) is 0 Å². The minimum absolute atomic E-state index is 0.0164. The zero-order valence-corrected chi connectivity index (χ0v) is 15.0. The molecule has 0 atom stereocenters. The summed E-state index contributed by atoms with van der Waals surface area (Å²) in [5, 5.41) is 2.65. The van der Waals surface area contributed by atoms with E-state index in [0.29, 0.717) is 17.0 Å². The molecule has 0 radical (unpaired) electrons. The van der Waals surface area contributed by atoms with Crippen LogP contribution in [-0.2, 0) is 27.8 Å². The summed E-state index contributed by atoms with van der Waals surface area (Å²) in [6.45, 7) is 0.0431. The second-order valence-electron chi connectivity index (χ2n) is 5.78. The Morgan fingerprint density at radius 2 is 1.81 bits per heavy atom. The van der Waals surface area contributed by atoms with Crippen LogP contribution in [0.25, 0.3) is 0 Å². The maximum atomic E-state index is 13.2. The van der Waals surface area contributed by atoms with E-state index in [1.54, 1.807) is 18.2 Å². The first-order valence-electron chi connectivity index (χ1n) is 8.09. The molecule has 0 aliphatic rings. The zero-order chi connectivity index (χ0) is 19.3. The third-order valence-corrected chi connectivity index (χ3v) is 5.14. The van der Waals surface area contributed by atoms with Crippen molar-refractivity contribution < 1.29 is 22.0 Å². The van der Waals surface area contributed by atoms with E-state index in [2.05, 4.69) is 10.0 Å². The van der Waals surface area contributed by atoms with Crippen LogP contribution in [0.15, 0.2) is 76.2 Å². The van der Waals surface area contributed by atoms with Crippen LogP contribution in [0.1, 0.15) is 11.3 Å². The molecular weight excluding hydrogens is 371 g/mol. The molecule has 6 nitrogen and oxygen atoms in total.